The van der Waals surface area contributed by atoms with Gasteiger partial charge in [-0.3, -0.25) is 4.90 Å². The first-order valence-electron chi connectivity index (χ1n) is 6.40. The quantitative estimate of drug-likeness (QED) is 0.846. The second-order valence-corrected chi connectivity index (χ2v) is 4.46. The number of ether oxygens (including phenoxy) is 1. The van der Waals surface area contributed by atoms with Crippen molar-refractivity contribution >= 4 is 0 Å². The van der Waals surface area contributed by atoms with Crippen LogP contribution in [0.2, 0.25) is 0 Å². The Morgan fingerprint density at radius 1 is 1.53 bits per heavy atom. The van der Waals surface area contributed by atoms with Crippen LogP contribution in [0, 0.1) is 0 Å². The first-order valence-corrected chi connectivity index (χ1v) is 6.40. The van der Waals surface area contributed by atoms with Crippen molar-refractivity contribution in [3.05, 3.63) is 24.2 Å². The van der Waals surface area contributed by atoms with Crippen molar-refractivity contribution in [3.63, 3.8) is 0 Å². The van der Waals surface area contributed by atoms with E-state index in [0.717, 1.165) is 38.4 Å². The van der Waals surface area contributed by atoms with Gasteiger partial charge in [0.25, 0.3) is 0 Å². The van der Waals surface area contributed by atoms with Crippen molar-refractivity contribution in [2.24, 2.45) is 0 Å². The molecule has 0 aliphatic carbocycles. The standard InChI is InChI=1S/C13H22N2O2/c1-3-6-15-7-9-17-12(10-14-2)13(15)11-5-4-8-16-11/h4-5,8,12-14H,3,6-7,9-10H2,1-2H3. The third-order valence-electron chi connectivity index (χ3n) is 3.21. The van der Waals surface area contributed by atoms with Crippen molar-refractivity contribution in [3.8, 4) is 0 Å². The van der Waals surface area contributed by atoms with Crippen LogP contribution in [-0.2, 0) is 4.74 Å². The van der Waals surface area contributed by atoms with Crippen LogP contribution in [-0.4, -0.2) is 44.3 Å². The Morgan fingerprint density at radius 3 is 3.06 bits per heavy atom. The lowest BCUT2D eigenvalue weighted by atomic mass is 10.0. The molecule has 2 rings (SSSR count). The first-order chi connectivity index (χ1) is 8.36. The zero-order chi connectivity index (χ0) is 12.1. The van der Waals surface area contributed by atoms with Gasteiger partial charge >= 0.3 is 0 Å². The maximum atomic E-state index is 5.87. The van der Waals surface area contributed by atoms with Crippen LogP contribution in [0.1, 0.15) is 25.1 Å². The van der Waals surface area contributed by atoms with E-state index in [4.69, 9.17) is 9.15 Å². The number of hydrogen-bond acceptors (Lipinski definition) is 4. The number of furan rings is 1. The van der Waals surface area contributed by atoms with E-state index >= 15 is 0 Å². The summed E-state index contributed by atoms with van der Waals surface area (Å²) in [4.78, 5) is 2.46. The Labute approximate surface area is 103 Å². The second-order valence-electron chi connectivity index (χ2n) is 4.46. The van der Waals surface area contributed by atoms with E-state index in [9.17, 15) is 0 Å². The molecule has 0 radical (unpaired) electrons. The highest BCUT2D eigenvalue weighted by Gasteiger charge is 2.34. The minimum Gasteiger partial charge on any atom is -0.468 e. The van der Waals surface area contributed by atoms with Gasteiger partial charge in [-0.05, 0) is 32.1 Å². The molecule has 17 heavy (non-hydrogen) atoms. The van der Waals surface area contributed by atoms with E-state index in [2.05, 4.69) is 17.1 Å². The number of nitrogens with zero attached hydrogens (tertiary/aromatic N) is 1. The molecular formula is C13H22N2O2. The largest absolute Gasteiger partial charge is 0.468 e. The number of hydrogen-bond donors (Lipinski definition) is 1. The van der Waals surface area contributed by atoms with Gasteiger partial charge in [0.1, 0.15) is 5.76 Å². The van der Waals surface area contributed by atoms with Crippen molar-refractivity contribution < 1.29 is 9.15 Å². The van der Waals surface area contributed by atoms with Gasteiger partial charge in [-0.1, -0.05) is 6.92 Å². The van der Waals surface area contributed by atoms with Crippen LogP contribution in [0.25, 0.3) is 0 Å². The molecule has 0 spiro atoms. The second kappa shape index (κ2) is 6.19. The summed E-state index contributed by atoms with van der Waals surface area (Å²) in [6, 6.07) is 4.24. The van der Waals surface area contributed by atoms with Gasteiger partial charge < -0.3 is 14.5 Å². The van der Waals surface area contributed by atoms with Gasteiger partial charge in [-0.2, -0.15) is 0 Å². The molecule has 1 saturated heterocycles. The molecule has 2 unspecified atom stereocenters. The summed E-state index contributed by atoms with van der Waals surface area (Å²) in [7, 11) is 1.96. The zero-order valence-electron chi connectivity index (χ0n) is 10.7. The number of morpholine rings is 1. The summed E-state index contributed by atoms with van der Waals surface area (Å²) in [5, 5.41) is 3.20. The smallest absolute Gasteiger partial charge is 0.123 e. The number of nitrogens with one attached hydrogen (secondary N) is 1. The van der Waals surface area contributed by atoms with Gasteiger partial charge in [0.15, 0.2) is 0 Å². The highest BCUT2D eigenvalue weighted by Crippen LogP contribution is 2.29. The average molecular weight is 238 g/mol. The molecule has 2 atom stereocenters. The highest BCUT2D eigenvalue weighted by atomic mass is 16.5. The Morgan fingerprint density at radius 2 is 2.41 bits per heavy atom. The molecule has 1 aromatic heterocycles. The predicted octanol–water partition coefficient (Wildman–Crippen LogP) is 1.65. The van der Waals surface area contributed by atoms with Crippen LogP contribution in [0.3, 0.4) is 0 Å². The molecule has 4 heteroatoms. The van der Waals surface area contributed by atoms with E-state index < -0.39 is 0 Å². The molecule has 1 aromatic rings. The van der Waals surface area contributed by atoms with Crippen LogP contribution in [0.4, 0.5) is 0 Å². The summed E-state index contributed by atoms with van der Waals surface area (Å²) in [5.41, 5.74) is 0. The van der Waals surface area contributed by atoms with E-state index in [0.29, 0.717) is 0 Å². The summed E-state index contributed by atoms with van der Waals surface area (Å²) < 4.78 is 11.4. The van der Waals surface area contributed by atoms with Gasteiger partial charge in [0.2, 0.25) is 0 Å². The Bertz CT molecular complexity index is 295. The van der Waals surface area contributed by atoms with Crippen molar-refractivity contribution in [2.75, 3.05) is 33.3 Å². The lowest BCUT2D eigenvalue weighted by Crippen LogP contribution is -2.48. The maximum absolute atomic E-state index is 5.87. The van der Waals surface area contributed by atoms with Crippen LogP contribution >= 0.6 is 0 Å². The van der Waals surface area contributed by atoms with Crippen molar-refractivity contribution in [1.82, 2.24) is 10.2 Å². The number of rotatable bonds is 5. The Kier molecular flexibility index (Phi) is 4.59. The van der Waals surface area contributed by atoms with Gasteiger partial charge in [-0.25, -0.2) is 0 Å². The van der Waals surface area contributed by atoms with Gasteiger partial charge in [0.05, 0.1) is 25.0 Å². The lowest BCUT2D eigenvalue weighted by Gasteiger charge is -2.40. The minimum absolute atomic E-state index is 0.173. The molecule has 1 fully saturated rings. The minimum atomic E-state index is 0.173. The molecule has 2 heterocycles. The van der Waals surface area contributed by atoms with E-state index in [1.54, 1.807) is 6.26 Å². The van der Waals surface area contributed by atoms with Crippen molar-refractivity contribution in [1.29, 1.82) is 0 Å². The summed E-state index contributed by atoms with van der Waals surface area (Å²) >= 11 is 0. The Balaban J connectivity index is 2.15. The summed E-state index contributed by atoms with van der Waals surface area (Å²) in [6.45, 7) is 5.95. The summed E-state index contributed by atoms with van der Waals surface area (Å²) in [6.07, 6.45) is 3.07. The normalized spacial score (nSPS) is 26.2. The molecule has 1 N–H and O–H groups in total. The van der Waals surface area contributed by atoms with Crippen LogP contribution in [0.15, 0.2) is 22.8 Å². The third-order valence-corrected chi connectivity index (χ3v) is 3.21. The fraction of sp³-hybridized carbons (Fsp3) is 0.692. The molecular weight excluding hydrogens is 216 g/mol. The molecule has 0 saturated carbocycles. The molecule has 1 aliphatic rings. The maximum Gasteiger partial charge on any atom is 0.123 e. The van der Waals surface area contributed by atoms with E-state index in [1.807, 2.05) is 19.2 Å². The average Bonchev–Trinajstić information content (AvgIpc) is 2.84. The van der Waals surface area contributed by atoms with Gasteiger partial charge in [0, 0.05) is 13.1 Å². The molecule has 96 valence electrons. The fourth-order valence-electron chi connectivity index (χ4n) is 2.52. The molecule has 0 aromatic carbocycles. The third kappa shape index (κ3) is 2.89. The highest BCUT2D eigenvalue weighted by molar-refractivity contribution is 5.08. The molecule has 0 amide bonds. The topological polar surface area (TPSA) is 37.6 Å². The fourth-order valence-corrected chi connectivity index (χ4v) is 2.52. The molecule has 0 bridgehead atoms. The molecule has 4 nitrogen and oxygen atoms in total. The molecule has 1 aliphatic heterocycles. The first kappa shape index (κ1) is 12.6. The van der Waals surface area contributed by atoms with Crippen molar-refractivity contribution in [2.45, 2.75) is 25.5 Å². The number of likely N-dealkylation sites (N-methyl/N-ethyl adjacent to an activating group) is 1. The monoisotopic (exact) mass is 238 g/mol. The van der Waals surface area contributed by atoms with E-state index in [-0.39, 0.29) is 12.1 Å². The van der Waals surface area contributed by atoms with Crippen LogP contribution < -0.4 is 5.32 Å². The van der Waals surface area contributed by atoms with E-state index in [1.165, 1.54) is 0 Å². The predicted molar refractivity (Wildman–Crippen MR) is 67.0 cm³/mol. The summed E-state index contributed by atoms with van der Waals surface area (Å²) in [5.74, 6) is 1.01. The zero-order valence-corrected chi connectivity index (χ0v) is 10.7. The van der Waals surface area contributed by atoms with Gasteiger partial charge in [-0.15, -0.1) is 0 Å². The van der Waals surface area contributed by atoms with Crippen LogP contribution in [0.5, 0.6) is 0 Å². The lowest BCUT2D eigenvalue weighted by molar-refractivity contribution is -0.0766. The SMILES string of the molecule is CCCN1CCOC(CNC)C1c1ccco1. The Hall–Kier alpha value is -0.840.